The molecule has 0 aliphatic carbocycles. The summed E-state index contributed by atoms with van der Waals surface area (Å²) < 4.78 is 5.56. The van der Waals surface area contributed by atoms with Gasteiger partial charge in [-0.3, -0.25) is 9.97 Å². The molecule has 4 heteroatoms. The van der Waals surface area contributed by atoms with Gasteiger partial charge in [0, 0.05) is 18.0 Å². The molecular formula is C13H14N2O2. The quantitative estimate of drug-likeness (QED) is 0.871. The Morgan fingerprint density at radius 3 is 2.76 bits per heavy atom. The van der Waals surface area contributed by atoms with Gasteiger partial charge in [0.2, 0.25) is 0 Å². The highest BCUT2D eigenvalue weighted by Gasteiger charge is 1.98. The first kappa shape index (κ1) is 11.5. The van der Waals surface area contributed by atoms with E-state index in [4.69, 9.17) is 9.84 Å². The van der Waals surface area contributed by atoms with E-state index in [1.807, 2.05) is 13.0 Å². The Morgan fingerprint density at radius 1 is 1.24 bits per heavy atom. The zero-order valence-electron chi connectivity index (χ0n) is 9.63. The number of nitrogens with zero attached hydrogens (tertiary/aromatic N) is 2. The molecule has 17 heavy (non-hydrogen) atoms. The van der Waals surface area contributed by atoms with Crippen LogP contribution in [0.4, 0.5) is 0 Å². The van der Waals surface area contributed by atoms with Gasteiger partial charge in [0.15, 0.2) is 0 Å². The number of rotatable bonds is 4. The van der Waals surface area contributed by atoms with Crippen LogP contribution in [-0.2, 0) is 13.2 Å². The van der Waals surface area contributed by atoms with Crippen molar-refractivity contribution in [3.8, 4) is 5.75 Å². The number of pyridine rings is 2. The van der Waals surface area contributed by atoms with Gasteiger partial charge in [-0.25, -0.2) is 0 Å². The van der Waals surface area contributed by atoms with Crippen molar-refractivity contribution in [1.29, 1.82) is 0 Å². The predicted octanol–water partition coefficient (Wildman–Crippen LogP) is 1.86. The van der Waals surface area contributed by atoms with E-state index in [1.165, 1.54) is 0 Å². The highest BCUT2D eigenvalue weighted by Crippen LogP contribution is 2.12. The first-order valence-electron chi connectivity index (χ1n) is 5.37. The minimum absolute atomic E-state index is 0.0535. The van der Waals surface area contributed by atoms with Crippen LogP contribution in [0.3, 0.4) is 0 Å². The fraction of sp³-hybridized carbons (Fsp3) is 0.231. The molecule has 4 nitrogen and oxygen atoms in total. The van der Waals surface area contributed by atoms with E-state index in [0.29, 0.717) is 18.1 Å². The number of hydrogen-bond donors (Lipinski definition) is 1. The number of aliphatic hydroxyl groups excluding tert-OH is 1. The number of aryl methyl sites for hydroxylation is 1. The molecular weight excluding hydrogens is 216 g/mol. The van der Waals surface area contributed by atoms with Crippen molar-refractivity contribution in [2.24, 2.45) is 0 Å². The van der Waals surface area contributed by atoms with Crippen molar-refractivity contribution in [3.05, 3.63) is 53.6 Å². The molecule has 2 rings (SSSR count). The standard InChI is InChI=1S/C13H14N2O2/c1-10-4-11(6-14-5-10)9-17-13-3-2-12(8-16)15-7-13/h2-7,16H,8-9H2,1H3. The minimum Gasteiger partial charge on any atom is -0.487 e. The maximum atomic E-state index is 8.86. The monoisotopic (exact) mass is 230 g/mol. The highest BCUT2D eigenvalue weighted by molar-refractivity contribution is 5.21. The van der Waals surface area contributed by atoms with E-state index in [9.17, 15) is 0 Å². The molecule has 88 valence electrons. The molecule has 0 saturated heterocycles. The van der Waals surface area contributed by atoms with Gasteiger partial charge in [-0.2, -0.15) is 0 Å². The van der Waals surface area contributed by atoms with Crippen molar-refractivity contribution in [2.45, 2.75) is 20.1 Å². The van der Waals surface area contributed by atoms with Crippen LogP contribution < -0.4 is 4.74 Å². The van der Waals surface area contributed by atoms with Crippen LogP contribution >= 0.6 is 0 Å². The van der Waals surface area contributed by atoms with E-state index in [1.54, 1.807) is 30.7 Å². The first-order chi connectivity index (χ1) is 8.28. The Kier molecular flexibility index (Phi) is 3.67. The zero-order valence-corrected chi connectivity index (χ0v) is 9.63. The number of aromatic nitrogens is 2. The smallest absolute Gasteiger partial charge is 0.138 e. The molecule has 2 heterocycles. The lowest BCUT2D eigenvalue weighted by atomic mass is 10.2. The number of ether oxygens (including phenoxy) is 1. The summed E-state index contributed by atoms with van der Waals surface area (Å²) in [5, 5.41) is 8.86. The molecule has 1 N–H and O–H groups in total. The molecule has 0 fully saturated rings. The molecule has 0 amide bonds. The fourth-order valence-electron chi connectivity index (χ4n) is 1.45. The first-order valence-corrected chi connectivity index (χ1v) is 5.37. The summed E-state index contributed by atoms with van der Waals surface area (Å²) >= 11 is 0. The summed E-state index contributed by atoms with van der Waals surface area (Å²) in [4.78, 5) is 8.13. The van der Waals surface area contributed by atoms with Gasteiger partial charge in [0.25, 0.3) is 0 Å². The lowest BCUT2D eigenvalue weighted by molar-refractivity contribution is 0.275. The third kappa shape index (κ3) is 3.26. The number of aliphatic hydroxyl groups is 1. The normalized spacial score (nSPS) is 10.2. The second-order valence-electron chi connectivity index (χ2n) is 3.80. The van der Waals surface area contributed by atoms with Gasteiger partial charge in [0.1, 0.15) is 12.4 Å². The lowest BCUT2D eigenvalue weighted by Gasteiger charge is -2.06. The van der Waals surface area contributed by atoms with Gasteiger partial charge < -0.3 is 9.84 Å². The molecule has 0 radical (unpaired) electrons. The average Bonchev–Trinajstić information content (AvgIpc) is 2.37. The topological polar surface area (TPSA) is 55.2 Å². The molecule has 2 aromatic rings. The number of hydrogen-bond acceptors (Lipinski definition) is 4. The van der Waals surface area contributed by atoms with Crippen molar-refractivity contribution in [2.75, 3.05) is 0 Å². The lowest BCUT2D eigenvalue weighted by Crippen LogP contribution is -1.97. The molecule has 0 unspecified atom stereocenters. The fourth-order valence-corrected chi connectivity index (χ4v) is 1.45. The van der Waals surface area contributed by atoms with Gasteiger partial charge in [-0.05, 0) is 30.7 Å². The maximum absolute atomic E-state index is 8.86. The molecule has 0 saturated carbocycles. The van der Waals surface area contributed by atoms with Crippen LogP contribution in [0.15, 0.2) is 36.8 Å². The van der Waals surface area contributed by atoms with Gasteiger partial charge >= 0.3 is 0 Å². The van der Waals surface area contributed by atoms with Crippen LogP contribution in [0.25, 0.3) is 0 Å². The molecule has 0 aliphatic heterocycles. The second-order valence-corrected chi connectivity index (χ2v) is 3.80. The van der Waals surface area contributed by atoms with Crippen LogP contribution in [-0.4, -0.2) is 15.1 Å². The van der Waals surface area contributed by atoms with Crippen LogP contribution in [0, 0.1) is 6.92 Å². The third-order valence-corrected chi connectivity index (χ3v) is 2.30. The zero-order chi connectivity index (χ0) is 12.1. The van der Waals surface area contributed by atoms with Gasteiger partial charge in [-0.1, -0.05) is 0 Å². The third-order valence-electron chi connectivity index (χ3n) is 2.30. The van der Waals surface area contributed by atoms with Crippen LogP contribution in [0.1, 0.15) is 16.8 Å². The Labute approximate surface area is 99.9 Å². The largest absolute Gasteiger partial charge is 0.487 e. The Morgan fingerprint density at radius 2 is 2.12 bits per heavy atom. The van der Waals surface area contributed by atoms with E-state index in [0.717, 1.165) is 11.1 Å². The SMILES string of the molecule is Cc1cncc(COc2ccc(CO)nc2)c1. The van der Waals surface area contributed by atoms with Crippen molar-refractivity contribution in [1.82, 2.24) is 9.97 Å². The van der Waals surface area contributed by atoms with Crippen LogP contribution in [0.2, 0.25) is 0 Å². The summed E-state index contributed by atoms with van der Waals surface area (Å²) in [5.41, 5.74) is 2.77. The average molecular weight is 230 g/mol. The summed E-state index contributed by atoms with van der Waals surface area (Å²) in [6, 6.07) is 5.56. The minimum atomic E-state index is -0.0535. The molecule has 2 aromatic heterocycles. The van der Waals surface area contributed by atoms with Crippen molar-refractivity contribution < 1.29 is 9.84 Å². The molecule has 0 bridgehead atoms. The van der Waals surface area contributed by atoms with E-state index in [2.05, 4.69) is 9.97 Å². The molecule has 0 spiro atoms. The molecule has 0 atom stereocenters. The van der Waals surface area contributed by atoms with Gasteiger partial charge in [-0.15, -0.1) is 0 Å². The Hall–Kier alpha value is -1.94. The van der Waals surface area contributed by atoms with E-state index < -0.39 is 0 Å². The maximum Gasteiger partial charge on any atom is 0.138 e. The summed E-state index contributed by atoms with van der Waals surface area (Å²) in [6.45, 7) is 2.41. The predicted molar refractivity (Wildman–Crippen MR) is 63.5 cm³/mol. The highest BCUT2D eigenvalue weighted by atomic mass is 16.5. The summed E-state index contributed by atoms with van der Waals surface area (Å²) in [5.74, 6) is 0.684. The Balaban J connectivity index is 1.97. The van der Waals surface area contributed by atoms with Crippen molar-refractivity contribution >= 4 is 0 Å². The molecule has 0 aliphatic rings. The van der Waals surface area contributed by atoms with Gasteiger partial charge in [0.05, 0.1) is 18.5 Å². The Bertz CT molecular complexity index is 483. The van der Waals surface area contributed by atoms with Crippen molar-refractivity contribution in [3.63, 3.8) is 0 Å². The van der Waals surface area contributed by atoms with E-state index in [-0.39, 0.29) is 6.61 Å². The second kappa shape index (κ2) is 5.41. The van der Waals surface area contributed by atoms with E-state index >= 15 is 0 Å². The summed E-state index contributed by atoms with van der Waals surface area (Å²) in [7, 11) is 0. The summed E-state index contributed by atoms with van der Waals surface area (Å²) in [6.07, 6.45) is 5.19. The molecule has 0 aromatic carbocycles. The van der Waals surface area contributed by atoms with Crippen LogP contribution in [0.5, 0.6) is 5.75 Å².